The zero-order chi connectivity index (χ0) is 20.4. The maximum absolute atomic E-state index is 11.2. The molecule has 0 aliphatic heterocycles. The van der Waals surface area contributed by atoms with Gasteiger partial charge in [0.05, 0.1) is 0 Å². The highest BCUT2D eigenvalue weighted by Crippen LogP contribution is 2.61. The number of hydrogen-bond acceptors (Lipinski definition) is 2. The number of hydrogen-bond donors (Lipinski definition) is 4. The molecule has 4 N–H and O–H groups in total. The highest BCUT2D eigenvalue weighted by atomic mass is 31.2. The Balaban J connectivity index is 4.28. The Bertz CT molecular complexity index is 583. The molecule has 8 heteroatoms. The highest BCUT2D eigenvalue weighted by molar-refractivity contribution is 7.70. The van der Waals surface area contributed by atoms with Crippen LogP contribution in [0.3, 0.4) is 0 Å². The van der Waals surface area contributed by atoms with Crippen LogP contribution in [0.4, 0.5) is 0 Å². The van der Waals surface area contributed by atoms with Crippen LogP contribution in [0.1, 0.15) is 72.6 Å². The van der Waals surface area contributed by atoms with E-state index in [1.807, 2.05) is 13.0 Å². The van der Waals surface area contributed by atoms with E-state index in [1.54, 1.807) is 0 Å². The molecule has 152 valence electrons. The SMILES string of the molecule is CC(C)=CCC/C(C)=C/CC/C(C)=C/CCCC(P(=O)(O)O)P(=O)(O)O. The van der Waals surface area contributed by atoms with Gasteiger partial charge in [-0.15, -0.1) is 0 Å². The van der Waals surface area contributed by atoms with Crippen molar-refractivity contribution in [3.05, 3.63) is 34.9 Å². The summed E-state index contributed by atoms with van der Waals surface area (Å²) >= 11 is 0. The summed E-state index contributed by atoms with van der Waals surface area (Å²) in [5.74, 6) is 0. The summed E-state index contributed by atoms with van der Waals surface area (Å²) in [6, 6.07) is 0. The monoisotopic (exact) mass is 408 g/mol. The standard InChI is InChI=1S/C18H34O6P2/c1-15(2)9-7-11-17(4)13-8-12-16(3)10-5-6-14-18(25(19,20)21)26(22,23)24/h9-10,13,18H,5-8,11-12,14H2,1-4H3,(H2,19,20,21)(H2,22,23,24)/b16-10+,17-13+. The molecular formula is C18H34O6P2. The number of unbranched alkanes of at least 4 members (excludes halogenated alkanes) is 1. The Morgan fingerprint density at radius 3 is 1.62 bits per heavy atom. The molecule has 0 rings (SSSR count). The molecular weight excluding hydrogens is 374 g/mol. The topological polar surface area (TPSA) is 115 Å². The summed E-state index contributed by atoms with van der Waals surface area (Å²) in [4.78, 5) is 36.3. The maximum atomic E-state index is 11.2. The summed E-state index contributed by atoms with van der Waals surface area (Å²) in [7, 11) is -9.60. The first kappa shape index (κ1) is 25.5. The van der Waals surface area contributed by atoms with Gasteiger partial charge in [0.1, 0.15) is 0 Å². The van der Waals surface area contributed by atoms with Gasteiger partial charge in [-0.2, -0.15) is 0 Å². The molecule has 0 atom stereocenters. The van der Waals surface area contributed by atoms with Crippen molar-refractivity contribution in [3.8, 4) is 0 Å². The van der Waals surface area contributed by atoms with Crippen LogP contribution in [0.15, 0.2) is 34.9 Å². The van der Waals surface area contributed by atoms with Gasteiger partial charge in [0.15, 0.2) is 5.40 Å². The first-order valence-corrected chi connectivity index (χ1v) is 12.3. The van der Waals surface area contributed by atoms with E-state index in [0.717, 1.165) is 25.7 Å². The average molecular weight is 408 g/mol. The van der Waals surface area contributed by atoms with E-state index in [1.165, 1.54) is 16.7 Å². The molecule has 0 heterocycles. The van der Waals surface area contributed by atoms with Gasteiger partial charge in [-0.25, -0.2) is 0 Å². The fraction of sp³-hybridized carbons (Fsp3) is 0.667. The smallest absolute Gasteiger partial charge is 0.324 e. The molecule has 0 saturated heterocycles. The second kappa shape index (κ2) is 12.1. The van der Waals surface area contributed by atoms with Crippen molar-refractivity contribution in [3.63, 3.8) is 0 Å². The second-order valence-corrected chi connectivity index (χ2v) is 11.1. The molecule has 0 bridgehead atoms. The molecule has 0 radical (unpaired) electrons. The normalized spacial score (nSPS) is 14.0. The molecule has 26 heavy (non-hydrogen) atoms. The van der Waals surface area contributed by atoms with Crippen LogP contribution in [0.5, 0.6) is 0 Å². The van der Waals surface area contributed by atoms with Crippen LogP contribution in [-0.4, -0.2) is 25.0 Å². The first-order valence-electron chi connectivity index (χ1n) is 8.89. The van der Waals surface area contributed by atoms with Crippen molar-refractivity contribution in [1.29, 1.82) is 0 Å². The van der Waals surface area contributed by atoms with Crippen LogP contribution in [-0.2, 0) is 9.13 Å². The lowest BCUT2D eigenvalue weighted by atomic mass is 10.1. The summed E-state index contributed by atoms with van der Waals surface area (Å²) < 4.78 is 22.4. The minimum absolute atomic E-state index is 0.193. The molecule has 0 spiro atoms. The summed E-state index contributed by atoms with van der Waals surface area (Å²) in [5.41, 5.74) is 3.86. The van der Waals surface area contributed by atoms with Crippen molar-refractivity contribution in [1.82, 2.24) is 0 Å². The minimum Gasteiger partial charge on any atom is -0.324 e. The van der Waals surface area contributed by atoms with Gasteiger partial charge < -0.3 is 19.6 Å². The Morgan fingerprint density at radius 1 is 0.769 bits per heavy atom. The Hall–Kier alpha value is -0.480. The molecule has 0 aromatic carbocycles. The van der Waals surface area contributed by atoms with Crippen molar-refractivity contribution < 1.29 is 28.7 Å². The van der Waals surface area contributed by atoms with Crippen LogP contribution in [0.2, 0.25) is 0 Å². The lowest BCUT2D eigenvalue weighted by Gasteiger charge is -2.18. The largest absolute Gasteiger partial charge is 0.340 e. The van der Waals surface area contributed by atoms with Gasteiger partial charge in [0.25, 0.3) is 0 Å². The van der Waals surface area contributed by atoms with Gasteiger partial charge in [-0.05, 0) is 72.6 Å². The lowest BCUT2D eigenvalue weighted by molar-refractivity contribution is 0.334. The summed E-state index contributed by atoms with van der Waals surface area (Å²) in [6.07, 6.45) is 11.1. The first-order chi connectivity index (χ1) is 11.8. The summed E-state index contributed by atoms with van der Waals surface area (Å²) in [6.45, 7) is 8.31. The van der Waals surface area contributed by atoms with E-state index in [9.17, 15) is 9.13 Å². The fourth-order valence-electron chi connectivity index (χ4n) is 2.52. The van der Waals surface area contributed by atoms with Gasteiger partial charge in [0.2, 0.25) is 0 Å². The van der Waals surface area contributed by atoms with Crippen molar-refractivity contribution in [2.24, 2.45) is 0 Å². The third-order valence-electron chi connectivity index (χ3n) is 4.06. The third kappa shape index (κ3) is 12.8. The van der Waals surface area contributed by atoms with Crippen molar-refractivity contribution in [2.45, 2.75) is 78.0 Å². The molecule has 0 fully saturated rings. The van der Waals surface area contributed by atoms with Crippen molar-refractivity contribution >= 4 is 15.2 Å². The lowest BCUT2D eigenvalue weighted by Crippen LogP contribution is -2.09. The third-order valence-corrected chi connectivity index (χ3v) is 7.93. The molecule has 0 aromatic heterocycles. The molecule has 0 saturated carbocycles. The number of rotatable bonds is 12. The van der Waals surface area contributed by atoms with E-state index in [2.05, 4.69) is 32.9 Å². The van der Waals surface area contributed by atoms with Crippen LogP contribution >= 0.6 is 15.2 Å². The second-order valence-electron chi connectivity index (χ2n) is 7.05. The Morgan fingerprint density at radius 2 is 1.19 bits per heavy atom. The number of allylic oxidation sites excluding steroid dienone is 6. The molecule has 0 aliphatic rings. The average Bonchev–Trinajstić information content (AvgIpc) is 2.43. The predicted octanol–water partition coefficient (Wildman–Crippen LogP) is 5.26. The van der Waals surface area contributed by atoms with Crippen molar-refractivity contribution in [2.75, 3.05) is 0 Å². The van der Waals surface area contributed by atoms with Gasteiger partial charge >= 0.3 is 15.2 Å². The van der Waals surface area contributed by atoms with E-state index in [-0.39, 0.29) is 6.42 Å². The van der Waals surface area contributed by atoms with Crippen LogP contribution < -0.4 is 0 Å². The Labute approximate surface area is 157 Å². The van der Waals surface area contributed by atoms with Gasteiger partial charge in [0, 0.05) is 0 Å². The molecule has 0 aromatic rings. The minimum atomic E-state index is -4.80. The van der Waals surface area contributed by atoms with E-state index in [0.29, 0.717) is 12.8 Å². The maximum Gasteiger partial charge on any atom is 0.340 e. The molecule has 6 nitrogen and oxygen atoms in total. The predicted molar refractivity (Wildman–Crippen MR) is 107 cm³/mol. The zero-order valence-corrected chi connectivity index (χ0v) is 18.0. The van der Waals surface area contributed by atoms with E-state index < -0.39 is 20.6 Å². The zero-order valence-electron chi connectivity index (χ0n) is 16.3. The molecule has 0 amide bonds. The van der Waals surface area contributed by atoms with Crippen LogP contribution in [0, 0.1) is 0 Å². The fourth-order valence-corrected chi connectivity index (χ4v) is 5.13. The van der Waals surface area contributed by atoms with Gasteiger partial charge in [-0.1, -0.05) is 34.9 Å². The summed E-state index contributed by atoms with van der Waals surface area (Å²) in [5, 5.41) is -1.89. The Kier molecular flexibility index (Phi) is 11.8. The quantitative estimate of drug-likeness (QED) is 0.199. The van der Waals surface area contributed by atoms with Crippen LogP contribution in [0.25, 0.3) is 0 Å². The molecule has 0 unspecified atom stereocenters. The molecule has 0 aliphatic carbocycles. The van der Waals surface area contributed by atoms with Gasteiger partial charge in [-0.3, -0.25) is 9.13 Å². The van der Waals surface area contributed by atoms with E-state index >= 15 is 0 Å². The highest BCUT2D eigenvalue weighted by Gasteiger charge is 2.42. The van der Waals surface area contributed by atoms with E-state index in [4.69, 9.17) is 19.6 Å².